The summed E-state index contributed by atoms with van der Waals surface area (Å²) in [6, 6.07) is 13.2. The van der Waals surface area contributed by atoms with Gasteiger partial charge in [-0.25, -0.2) is 4.39 Å². The highest BCUT2D eigenvalue weighted by Crippen LogP contribution is 2.27. The number of anilines is 2. The fourth-order valence-corrected chi connectivity index (χ4v) is 2.82. The number of hydrogen-bond acceptors (Lipinski definition) is 5. The zero-order chi connectivity index (χ0) is 20.6. The van der Waals surface area contributed by atoms with Gasteiger partial charge in [0.25, 0.3) is 5.91 Å². The normalized spacial score (nSPS) is 10.3. The first-order chi connectivity index (χ1) is 14.1. The first-order valence-corrected chi connectivity index (χ1v) is 9.06. The fourth-order valence-electron chi connectivity index (χ4n) is 2.82. The van der Waals surface area contributed by atoms with Crippen molar-refractivity contribution >= 4 is 17.3 Å². The van der Waals surface area contributed by atoms with Crippen molar-refractivity contribution in [2.24, 2.45) is 0 Å². The van der Waals surface area contributed by atoms with Crippen LogP contribution in [0.5, 0.6) is 11.5 Å². The molecule has 0 bridgehead atoms. The quantitative estimate of drug-likeness (QED) is 0.600. The van der Waals surface area contributed by atoms with E-state index in [-0.39, 0.29) is 5.91 Å². The third-order valence-electron chi connectivity index (χ3n) is 4.27. The van der Waals surface area contributed by atoms with E-state index in [1.54, 1.807) is 32.5 Å². The molecule has 150 valence electrons. The van der Waals surface area contributed by atoms with Crippen LogP contribution in [0, 0.1) is 5.82 Å². The number of amides is 1. The number of nitrogens with one attached hydrogen (secondary N) is 2. The van der Waals surface area contributed by atoms with Crippen molar-refractivity contribution in [3.63, 3.8) is 0 Å². The molecule has 2 N–H and O–H groups in total. The summed E-state index contributed by atoms with van der Waals surface area (Å²) in [4.78, 5) is 16.5. The number of methoxy groups -OCH3 is 2. The molecule has 0 aliphatic rings. The maximum absolute atomic E-state index is 13.3. The second-order valence-electron chi connectivity index (χ2n) is 6.29. The standard InChI is InChI=1S/C22H22FN3O3/c1-28-20-7-6-15(10-21(20)29-2)8-9-25-19-11-16(13-24-14-19)22(27)26-18-5-3-4-17(23)12-18/h3-7,10-14,25H,8-9H2,1-2H3,(H,26,27). The third-order valence-corrected chi connectivity index (χ3v) is 4.27. The number of benzene rings is 2. The third kappa shape index (κ3) is 5.44. The van der Waals surface area contributed by atoms with Crippen LogP contribution in [0.4, 0.5) is 15.8 Å². The number of ether oxygens (including phenoxy) is 2. The summed E-state index contributed by atoms with van der Waals surface area (Å²) in [5.74, 6) is 0.603. The Morgan fingerprint density at radius 3 is 2.59 bits per heavy atom. The van der Waals surface area contributed by atoms with E-state index in [4.69, 9.17) is 9.47 Å². The second kappa shape index (κ2) is 9.54. The number of nitrogens with zero attached hydrogens (tertiary/aromatic N) is 1. The molecular weight excluding hydrogens is 373 g/mol. The van der Waals surface area contributed by atoms with Gasteiger partial charge < -0.3 is 20.1 Å². The minimum absolute atomic E-state index is 0.355. The molecule has 1 amide bonds. The molecule has 0 spiro atoms. The van der Waals surface area contributed by atoms with Gasteiger partial charge in [0.1, 0.15) is 5.82 Å². The van der Waals surface area contributed by atoms with E-state index in [0.29, 0.717) is 29.3 Å². The molecule has 0 fully saturated rings. The Labute approximate surface area is 168 Å². The predicted octanol–water partition coefficient (Wildman–Crippen LogP) is 4.14. The zero-order valence-corrected chi connectivity index (χ0v) is 16.2. The SMILES string of the molecule is COc1ccc(CCNc2cncc(C(=O)Nc3cccc(F)c3)c2)cc1OC. The summed E-state index contributed by atoms with van der Waals surface area (Å²) in [6.45, 7) is 0.645. The van der Waals surface area contributed by atoms with E-state index in [1.807, 2.05) is 18.2 Å². The summed E-state index contributed by atoms with van der Waals surface area (Å²) in [5.41, 5.74) is 2.58. The Hall–Kier alpha value is -3.61. The van der Waals surface area contributed by atoms with Crippen LogP contribution in [0.1, 0.15) is 15.9 Å². The molecule has 0 aliphatic carbocycles. The first-order valence-electron chi connectivity index (χ1n) is 9.06. The van der Waals surface area contributed by atoms with Gasteiger partial charge in [-0.15, -0.1) is 0 Å². The molecule has 3 aromatic rings. The lowest BCUT2D eigenvalue weighted by Crippen LogP contribution is -2.13. The van der Waals surface area contributed by atoms with Crippen LogP contribution in [0.25, 0.3) is 0 Å². The van der Waals surface area contributed by atoms with Crippen LogP contribution >= 0.6 is 0 Å². The summed E-state index contributed by atoms with van der Waals surface area (Å²) >= 11 is 0. The molecule has 0 aliphatic heterocycles. The number of aromatic nitrogens is 1. The molecule has 6 nitrogen and oxygen atoms in total. The lowest BCUT2D eigenvalue weighted by molar-refractivity contribution is 0.102. The smallest absolute Gasteiger partial charge is 0.257 e. The minimum atomic E-state index is -0.411. The Balaban J connectivity index is 1.59. The molecular formula is C22H22FN3O3. The summed E-state index contributed by atoms with van der Waals surface area (Å²) in [5, 5.41) is 5.91. The predicted molar refractivity (Wildman–Crippen MR) is 110 cm³/mol. The molecule has 1 heterocycles. The van der Waals surface area contributed by atoms with Crippen LogP contribution in [-0.4, -0.2) is 31.7 Å². The van der Waals surface area contributed by atoms with Crippen LogP contribution in [0.3, 0.4) is 0 Å². The summed E-state index contributed by atoms with van der Waals surface area (Å²) < 4.78 is 23.8. The lowest BCUT2D eigenvalue weighted by atomic mass is 10.1. The van der Waals surface area contributed by atoms with Gasteiger partial charge in [0.15, 0.2) is 11.5 Å². The van der Waals surface area contributed by atoms with Gasteiger partial charge >= 0.3 is 0 Å². The van der Waals surface area contributed by atoms with Gasteiger partial charge in [-0.05, 0) is 48.4 Å². The average Bonchev–Trinajstić information content (AvgIpc) is 2.74. The van der Waals surface area contributed by atoms with Crippen molar-refractivity contribution in [1.82, 2.24) is 4.98 Å². The van der Waals surface area contributed by atoms with Crippen molar-refractivity contribution < 1.29 is 18.7 Å². The Morgan fingerprint density at radius 1 is 1.00 bits per heavy atom. The van der Waals surface area contributed by atoms with Crippen molar-refractivity contribution in [2.75, 3.05) is 31.4 Å². The van der Waals surface area contributed by atoms with Crippen LogP contribution in [0.2, 0.25) is 0 Å². The lowest BCUT2D eigenvalue weighted by Gasteiger charge is -2.11. The van der Waals surface area contributed by atoms with Gasteiger partial charge in [-0.1, -0.05) is 12.1 Å². The van der Waals surface area contributed by atoms with Gasteiger partial charge in [-0.2, -0.15) is 0 Å². The van der Waals surface area contributed by atoms with E-state index >= 15 is 0 Å². The first kappa shape index (κ1) is 20.1. The number of rotatable bonds is 8. The number of carbonyl (C=O) groups excluding carboxylic acids is 1. The fraction of sp³-hybridized carbons (Fsp3) is 0.182. The average molecular weight is 395 g/mol. The van der Waals surface area contributed by atoms with Gasteiger partial charge in [0.05, 0.1) is 25.5 Å². The second-order valence-corrected chi connectivity index (χ2v) is 6.29. The van der Waals surface area contributed by atoms with Crippen molar-refractivity contribution in [1.29, 1.82) is 0 Å². The molecule has 1 aromatic heterocycles. The molecule has 29 heavy (non-hydrogen) atoms. The number of halogens is 1. The zero-order valence-electron chi connectivity index (χ0n) is 16.2. The molecule has 7 heteroatoms. The van der Waals surface area contributed by atoms with Gasteiger partial charge in [0.2, 0.25) is 0 Å². The van der Waals surface area contributed by atoms with E-state index in [0.717, 1.165) is 17.7 Å². The minimum Gasteiger partial charge on any atom is -0.493 e. The monoisotopic (exact) mass is 395 g/mol. The van der Waals surface area contributed by atoms with Gasteiger partial charge in [-0.3, -0.25) is 9.78 Å². The Morgan fingerprint density at radius 2 is 1.83 bits per heavy atom. The van der Waals surface area contributed by atoms with E-state index in [9.17, 15) is 9.18 Å². The molecule has 3 rings (SSSR count). The molecule has 0 atom stereocenters. The van der Waals surface area contributed by atoms with Crippen molar-refractivity contribution in [3.05, 3.63) is 77.9 Å². The Bertz CT molecular complexity index is 995. The Kier molecular flexibility index (Phi) is 6.63. The highest BCUT2D eigenvalue weighted by Gasteiger charge is 2.09. The molecule has 0 unspecified atom stereocenters. The summed E-state index contributed by atoms with van der Waals surface area (Å²) in [7, 11) is 3.20. The van der Waals surface area contributed by atoms with Crippen LogP contribution < -0.4 is 20.1 Å². The number of carbonyl (C=O) groups is 1. The largest absolute Gasteiger partial charge is 0.493 e. The summed E-state index contributed by atoms with van der Waals surface area (Å²) in [6.07, 6.45) is 3.86. The van der Waals surface area contributed by atoms with E-state index < -0.39 is 5.82 Å². The van der Waals surface area contributed by atoms with E-state index in [1.165, 1.54) is 24.4 Å². The van der Waals surface area contributed by atoms with Crippen molar-refractivity contribution in [3.8, 4) is 11.5 Å². The molecule has 2 aromatic carbocycles. The van der Waals surface area contributed by atoms with Crippen molar-refractivity contribution in [2.45, 2.75) is 6.42 Å². The van der Waals surface area contributed by atoms with E-state index in [2.05, 4.69) is 15.6 Å². The number of hydrogen-bond donors (Lipinski definition) is 2. The highest BCUT2D eigenvalue weighted by atomic mass is 19.1. The topological polar surface area (TPSA) is 72.5 Å². The maximum atomic E-state index is 13.3. The molecule has 0 radical (unpaired) electrons. The maximum Gasteiger partial charge on any atom is 0.257 e. The van der Waals surface area contributed by atoms with Crippen LogP contribution in [0.15, 0.2) is 60.9 Å². The molecule has 0 saturated carbocycles. The molecule has 0 saturated heterocycles. The highest BCUT2D eigenvalue weighted by molar-refractivity contribution is 6.04. The van der Waals surface area contributed by atoms with Gasteiger partial charge in [0, 0.05) is 24.6 Å². The number of pyridine rings is 1. The van der Waals surface area contributed by atoms with Crippen LogP contribution in [-0.2, 0) is 6.42 Å².